The lowest BCUT2D eigenvalue weighted by Gasteiger charge is -2.08. The first kappa shape index (κ1) is 11.2. The van der Waals surface area contributed by atoms with E-state index in [9.17, 15) is 5.11 Å². The molecular formula is C11H20N2O. The number of aryl methyl sites for hydroxylation is 2. The molecule has 0 amide bonds. The summed E-state index contributed by atoms with van der Waals surface area (Å²) in [5.74, 6) is 0. The highest BCUT2D eigenvalue weighted by molar-refractivity contribution is 5.26. The maximum absolute atomic E-state index is 9.82. The zero-order valence-electron chi connectivity index (χ0n) is 9.54. The molecule has 3 heteroatoms. The van der Waals surface area contributed by atoms with Crippen molar-refractivity contribution in [1.29, 1.82) is 0 Å². The second-order valence-electron chi connectivity index (χ2n) is 3.73. The van der Waals surface area contributed by atoms with Crippen LogP contribution in [-0.4, -0.2) is 14.9 Å². The Morgan fingerprint density at radius 1 is 1.36 bits per heavy atom. The van der Waals surface area contributed by atoms with Crippen LogP contribution >= 0.6 is 0 Å². The smallest absolute Gasteiger partial charge is 0.0823 e. The summed E-state index contributed by atoms with van der Waals surface area (Å²) in [6, 6.07) is 0. The lowest BCUT2D eigenvalue weighted by molar-refractivity contribution is 0.172. The maximum atomic E-state index is 9.82. The van der Waals surface area contributed by atoms with Crippen LogP contribution in [0.1, 0.15) is 49.7 Å². The van der Waals surface area contributed by atoms with Gasteiger partial charge in [0.15, 0.2) is 0 Å². The molecule has 0 fully saturated rings. The number of aliphatic hydroxyl groups excluding tert-OH is 1. The summed E-state index contributed by atoms with van der Waals surface area (Å²) in [7, 11) is 0. The largest absolute Gasteiger partial charge is 0.388 e. The summed E-state index contributed by atoms with van der Waals surface area (Å²) in [4.78, 5) is 0. The molecule has 1 atom stereocenters. The number of hydrogen-bond acceptors (Lipinski definition) is 2. The maximum Gasteiger partial charge on any atom is 0.0823 e. The molecule has 0 aromatic carbocycles. The molecule has 0 aliphatic rings. The highest BCUT2D eigenvalue weighted by atomic mass is 16.3. The Hall–Kier alpha value is -0.830. The van der Waals surface area contributed by atoms with Gasteiger partial charge in [0.25, 0.3) is 0 Å². The molecule has 1 rings (SSSR count). The fraction of sp³-hybridized carbons (Fsp3) is 0.727. The topological polar surface area (TPSA) is 38.0 Å². The van der Waals surface area contributed by atoms with Crippen LogP contribution in [0.3, 0.4) is 0 Å². The fourth-order valence-corrected chi connectivity index (χ4v) is 1.83. The third-order valence-corrected chi connectivity index (χ3v) is 2.59. The SMILES string of the molecule is CCCn1nc(C)c(C(O)CC)c1C. The highest BCUT2D eigenvalue weighted by Crippen LogP contribution is 2.23. The highest BCUT2D eigenvalue weighted by Gasteiger charge is 2.16. The van der Waals surface area contributed by atoms with Crippen molar-refractivity contribution in [3.8, 4) is 0 Å². The molecule has 0 aliphatic heterocycles. The first-order chi connectivity index (χ1) is 6.61. The molecule has 0 bridgehead atoms. The summed E-state index contributed by atoms with van der Waals surface area (Å²) >= 11 is 0. The zero-order valence-corrected chi connectivity index (χ0v) is 9.54. The van der Waals surface area contributed by atoms with E-state index < -0.39 is 0 Å². The Labute approximate surface area is 85.8 Å². The van der Waals surface area contributed by atoms with Crippen LogP contribution in [0.25, 0.3) is 0 Å². The molecule has 3 nitrogen and oxygen atoms in total. The number of aromatic nitrogens is 2. The molecule has 1 aromatic rings. The second-order valence-corrected chi connectivity index (χ2v) is 3.73. The molecule has 0 aliphatic carbocycles. The molecule has 1 unspecified atom stereocenters. The Morgan fingerprint density at radius 3 is 2.50 bits per heavy atom. The quantitative estimate of drug-likeness (QED) is 0.802. The van der Waals surface area contributed by atoms with Crippen LogP contribution in [0.5, 0.6) is 0 Å². The standard InChI is InChI=1S/C11H20N2O/c1-5-7-13-9(4)11(8(3)12-13)10(14)6-2/h10,14H,5-7H2,1-4H3. The van der Waals surface area contributed by atoms with Gasteiger partial charge in [0.1, 0.15) is 0 Å². The van der Waals surface area contributed by atoms with Gasteiger partial charge in [-0.2, -0.15) is 5.10 Å². The van der Waals surface area contributed by atoms with Crippen LogP contribution in [-0.2, 0) is 6.54 Å². The average molecular weight is 196 g/mol. The molecule has 0 saturated heterocycles. The third kappa shape index (κ3) is 1.98. The van der Waals surface area contributed by atoms with Gasteiger partial charge in [-0.25, -0.2) is 0 Å². The first-order valence-electron chi connectivity index (χ1n) is 5.33. The Bertz CT molecular complexity index is 304. The van der Waals surface area contributed by atoms with Crippen molar-refractivity contribution in [3.05, 3.63) is 17.0 Å². The minimum Gasteiger partial charge on any atom is -0.388 e. The Kier molecular flexibility index (Phi) is 3.69. The molecule has 0 spiro atoms. The van der Waals surface area contributed by atoms with Crippen molar-refractivity contribution in [2.45, 2.75) is 53.2 Å². The van der Waals surface area contributed by atoms with Crippen molar-refractivity contribution < 1.29 is 5.11 Å². The lowest BCUT2D eigenvalue weighted by Crippen LogP contribution is -2.03. The normalized spacial score (nSPS) is 13.2. The summed E-state index contributed by atoms with van der Waals surface area (Å²) < 4.78 is 1.99. The van der Waals surface area contributed by atoms with Crippen molar-refractivity contribution in [2.24, 2.45) is 0 Å². The van der Waals surface area contributed by atoms with Crippen molar-refractivity contribution >= 4 is 0 Å². The monoisotopic (exact) mass is 196 g/mol. The molecule has 80 valence electrons. The predicted octanol–water partition coefficient (Wildman–Crippen LogP) is 2.35. The average Bonchev–Trinajstić information content (AvgIpc) is 2.42. The number of hydrogen-bond donors (Lipinski definition) is 1. The van der Waals surface area contributed by atoms with Gasteiger partial charge in [-0.15, -0.1) is 0 Å². The fourth-order valence-electron chi connectivity index (χ4n) is 1.83. The minimum absolute atomic E-state index is 0.361. The van der Waals surface area contributed by atoms with Crippen LogP contribution in [0.4, 0.5) is 0 Å². The molecule has 1 N–H and O–H groups in total. The zero-order chi connectivity index (χ0) is 10.7. The third-order valence-electron chi connectivity index (χ3n) is 2.59. The van der Waals surface area contributed by atoms with Gasteiger partial charge in [-0.3, -0.25) is 4.68 Å². The first-order valence-corrected chi connectivity index (χ1v) is 5.33. The van der Waals surface area contributed by atoms with E-state index in [2.05, 4.69) is 12.0 Å². The Balaban J connectivity index is 3.04. The van der Waals surface area contributed by atoms with Crippen LogP contribution in [0.15, 0.2) is 0 Å². The van der Waals surface area contributed by atoms with Gasteiger partial charge < -0.3 is 5.11 Å². The van der Waals surface area contributed by atoms with Crippen molar-refractivity contribution in [3.63, 3.8) is 0 Å². The summed E-state index contributed by atoms with van der Waals surface area (Å²) in [5, 5.41) is 14.2. The van der Waals surface area contributed by atoms with E-state index in [-0.39, 0.29) is 6.10 Å². The van der Waals surface area contributed by atoms with E-state index in [0.717, 1.165) is 36.3 Å². The van der Waals surface area contributed by atoms with E-state index >= 15 is 0 Å². The second kappa shape index (κ2) is 4.60. The minimum atomic E-state index is -0.361. The van der Waals surface area contributed by atoms with E-state index in [4.69, 9.17) is 0 Å². The molecule has 0 radical (unpaired) electrons. The molecular weight excluding hydrogens is 176 g/mol. The van der Waals surface area contributed by atoms with Gasteiger partial charge in [0.05, 0.1) is 11.8 Å². The Morgan fingerprint density at radius 2 is 2.00 bits per heavy atom. The predicted molar refractivity (Wildman–Crippen MR) is 57.2 cm³/mol. The molecule has 0 saturated carbocycles. The summed E-state index contributed by atoms with van der Waals surface area (Å²) in [5.41, 5.74) is 3.09. The lowest BCUT2D eigenvalue weighted by atomic mass is 10.1. The van der Waals surface area contributed by atoms with E-state index in [0.29, 0.717) is 0 Å². The van der Waals surface area contributed by atoms with Gasteiger partial charge in [0, 0.05) is 17.8 Å². The van der Waals surface area contributed by atoms with Crippen LogP contribution in [0, 0.1) is 13.8 Å². The summed E-state index contributed by atoms with van der Waals surface area (Å²) in [6.07, 6.45) is 1.46. The van der Waals surface area contributed by atoms with Crippen molar-refractivity contribution in [1.82, 2.24) is 9.78 Å². The number of nitrogens with zero attached hydrogens (tertiary/aromatic N) is 2. The summed E-state index contributed by atoms with van der Waals surface area (Å²) in [6.45, 7) is 9.05. The van der Waals surface area contributed by atoms with E-state index in [1.165, 1.54) is 0 Å². The van der Waals surface area contributed by atoms with Crippen LogP contribution in [0.2, 0.25) is 0 Å². The van der Waals surface area contributed by atoms with E-state index in [1.807, 2.05) is 25.5 Å². The van der Waals surface area contributed by atoms with Gasteiger partial charge in [-0.1, -0.05) is 13.8 Å². The van der Waals surface area contributed by atoms with E-state index in [1.54, 1.807) is 0 Å². The van der Waals surface area contributed by atoms with Gasteiger partial charge in [0.2, 0.25) is 0 Å². The van der Waals surface area contributed by atoms with Crippen LogP contribution < -0.4 is 0 Å². The number of rotatable bonds is 4. The molecule has 14 heavy (non-hydrogen) atoms. The van der Waals surface area contributed by atoms with Crippen molar-refractivity contribution in [2.75, 3.05) is 0 Å². The molecule has 1 aromatic heterocycles. The van der Waals surface area contributed by atoms with Gasteiger partial charge >= 0.3 is 0 Å². The molecule has 1 heterocycles. The van der Waals surface area contributed by atoms with Gasteiger partial charge in [-0.05, 0) is 26.7 Å². The number of aliphatic hydroxyl groups is 1.